The van der Waals surface area contributed by atoms with Crippen LogP contribution in [0.3, 0.4) is 0 Å². The van der Waals surface area contributed by atoms with Gasteiger partial charge in [0.25, 0.3) is 0 Å². The van der Waals surface area contributed by atoms with Crippen molar-refractivity contribution in [2.24, 2.45) is 0 Å². The summed E-state index contributed by atoms with van der Waals surface area (Å²) in [6.45, 7) is 14.5. The number of aliphatic hydroxyl groups excluding tert-OH is 2. The average molecular weight is 557 g/mol. The van der Waals surface area contributed by atoms with Gasteiger partial charge in [0, 0.05) is 71.4 Å². The molecular weight excluding hydrogens is 503 g/mol. The number of aliphatic hydroxyl groups is 2. The second-order valence-corrected chi connectivity index (χ2v) is 8.27. The number of hydrogen-bond donors (Lipinski definition) is 2. The molecule has 0 spiro atoms. The molecule has 1 saturated heterocycles. The van der Waals surface area contributed by atoms with Gasteiger partial charge in [0.2, 0.25) is 0 Å². The zero-order chi connectivity index (χ0) is 24.2. The molecule has 1 fully saturated rings. The average Bonchev–Trinajstić information content (AvgIpc) is 2.76. The normalized spacial score (nSPS) is 16.1. The molecule has 2 rings (SSSR count). The summed E-state index contributed by atoms with van der Waals surface area (Å²) in [5.74, 6) is 0.162. The molecule has 33 heavy (non-hydrogen) atoms. The fourth-order valence-corrected chi connectivity index (χ4v) is 2.35. The van der Waals surface area contributed by atoms with Crippen molar-refractivity contribution in [3.8, 4) is 0 Å². The molecule has 0 amide bonds. The first-order valence-corrected chi connectivity index (χ1v) is 11.2. The second-order valence-electron chi connectivity index (χ2n) is 8.27. The molecule has 195 valence electrons. The molecule has 0 saturated carbocycles. The van der Waals surface area contributed by atoms with Crippen LogP contribution < -0.4 is 4.90 Å². The SMILES string of the molecule is C.CC(O)=CC(C)O.CCC.CN(C)c1ccncc1.CN1CCN(C)CCN(C)CC1.[Ru+3]. The van der Waals surface area contributed by atoms with E-state index in [9.17, 15) is 0 Å². The quantitative estimate of drug-likeness (QED) is 0.424. The van der Waals surface area contributed by atoms with Crippen LogP contribution >= 0.6 is 0 Å². The Balaban J connectivity index is -0.000000180. The Morgan fingerprint density at radius 2 is 1.27 bits per heavy atom. The molecule has 1 radical (unpaired) electrons. The summed E-state index contributed by atoms with van der Waals surface area (Å²) in [6, 6.07) is 3.94. The van der Waals surface area contributed by atoms with Gasteiger partial charge in [-0.3, -0.25) is 4.98 Å². The maximum atomic E-state index is 8.49. The monoisotopic (exact) mass is 557 g/mol. The van der Waals surface area contributed by atoms with Gasteiger partial charge in [0.1, 0.15) is 0 Å². The van der Waals surface area contributed by atoms with Crippen LogP contribution in [0.2, 0.25) is 0 Å². The van der Waals surface area contributed by atoms with E-state index in [2.05, 4.69) is 54.7 Å². The van der Waals surface area contributed by atoms with Crippen LogP contribution in [-0.4, -0.2) is 111 Å². The van der Waals surface area contributed by atoms with Crippen molar-refractivity contribution < 1.29 is 29.7 Å². The van der Waals surface area contributed by atoms with Crippen molar-refractivity contribution >= 4 is 5.69 Å². The maximum absolute atomic E-state index is 8.49. The molecule has 2 N–H and O–H groups in total. The third kappa shape index (κ3) is 28.9. The molecule has 2 heterocycles. The molecule has 1 aromatic rings. The molecule has 0 aliphatic carbocycles. The number of aromatic nitrogens is 1. The Labute approximate surface area is 218 Å². The van der Waals surface area contributed by atoms with Crippen molar-refractivity contribution in [2.75, 3.05) is 79.4 Å². The van der Waals surface area contributed by atoms with Crippen molar-refractivity contribution in [3.63, 3.8) is 0 Å². The summed E-state index contributed by atoms with van der Waals surface area (Å²) in [5, 5.41) is 16.9. The largest absolute Gasteiger partial charge is 3.00 e. The first-order chi connectivity index (χ1) is 14.5. The van der Waals surface area contributed by atoms with E-state index >= 15 is 0 Å². The van der Waals surface area contributed by atoms with E-state index in [0.717, 1.165) is 0 Å². The Kier molecular flexibility index (Phi) is 30.4. The van der Waals surface area contributed by atoms with E-state index in [1.54, 1.807) is 19.3 Å². The molecule has 1 aromatic heterocycles. The Morgan fingerprint density at radius 3 is 1.42 bits per heavy atom. The smallest absolute Gasteiger partial charge is 0.513 e. The van der Waals surface area contributed by atoms with Gasteiger partial charge >= 0.3 is 19.5 Å². The molecule has 1 unspecified atom stereocenters. The van der Waals surface area contributed by atoms with Crippen LogP contribution in [0, 0.1) is 0 Å². The van der Waals surface area contributed by atoms with E-state index < -0.39 is 6.10 Å². The zero-order valence-electron chi connectivity index (χ0n) is 21.9. The second kappa shape index (κ2) is 25.6. The predicted molar refractivity (Wildman–Crippen MR) is 142 cm³/mol. The summed E-state index contributed by atoms with van der Waals surface area (Å²) < 4.78 is 0. The number of hydrogen-bond acceptors (Lipinski definition) is 7. The first kappa shape index (κ1) is 39.2. The summed E-state index contributed by atoms with van der Waals surface area (Å²) in [7, 11) is 10.6. The van der Waals surface area contributed by atoms with Gasteiger partial charge in [-0.15, -0.1) is 0 Å². The minimum atomic E-state index is -0.537. The van der Waals surface area contributed by atoms with Gasteiger partial charge in [-0.2, -0.15) is 0 Å². The van der Waals surface area contributed by atoms with Gasteiger partial charge in [-0.25, -0.2) is 0 Å². The molecule has 1 atom stereocenters. The van der Waals surface area contributed by atoms with Crippen molar-refractivity contribution in [3.05, 3.63) is 36.4 Å². The molecule has 0 bridgehead atoms. The van der Waals surface area contributed by atoms with Crippen LogP contribution in [0.25, 0.3) is 0 Å². The molecule has 1 aliphatic rings. The maximum Gasteiger partial charge on any atom is 3.00 e. The van der Waals surface area contributed by atoms with Crippen molar-refractivity contribution in [2.45, 2.75) is 47.6 Å². The van der Waals surface area contributed by atoms with Crippen molar-refractivity contribution in [1.29, 1.82) is 0 Å². The zero-order valence-corrected chi connectivity index (χ0v) is 23.6. The van der Waals surface area contributed by atoms with Crippen LogP contribution in [0.1, 0.15) is 41.5 Å². The van der Waals surface area contributed by atoms with Gasteiger partial charge in [-0.1, -0.05) is 27.7 Å². The van der Waals surface area contributed by atoms with Crippen LogP contribution in [0.5, 0.6) is 0 Å². The fourth-order valence-electron chi connectivity index (χ4n) is 2.35. The summed E-state index contributed by atoms with van der Waals surface area (Å²) in [4.78, 5) is 13.1. The van der Waals surface area contributed by atoms with Gasteiger partial charge in [0.15, 0.2) is 0 Å². The summed E-state index contributed by atoms with van der Waals surface area (Å²) in [5.41, 5.74) is 1.19. The molecule has 8 heteroatoms. The fraction of sp³-hybridized carbons (Fsp3) is 0.720. The first-order valence-electron chi connectivity index (χ1n) is 11.2. The van der Waals surface area contributed by atoms with E-state index in [1.807, 2.05) is 31.1 Å². The molecule has 1 aliphatic heterocycles. The number of pyridine rings is 1. The molecular formula is C25H53N5O2Ru+3. The van der Waals surface area contributed by atoms with Gasteiger partial charge in [0.05, 0.1) is 11.9 Å². The topological polar surface area (TPSA) is 66.3 Å². The third-order valence-electron chi connectivity index (χ3n) is 4.25. The minimum absolute atomic E-state index is 0. The number of allylic oxidation sites excluding steroid dienone is 1. The number of nitrogens with zero attached hydrogens (tertiary/aromatic N) is 5. The standard InChI is InChI=1S/C9H21N3.C7H10N2.C5H10O2.C3H8.CH4.Ru/c1-10-4-6-11(2)8-9-12(3)7-5-10;1-9(2)7-3-5-8-6-4-7;1-4(6)3-5(2)7;1-3-2;;/h4-9H2,1-3H3;3-6H,1-2H3;3-4,6-7H,1-2H3;3H2,1-2H3;1H4;/q;;;;;+3. The van der Waals surface area contributed by atoms with E-state index in [4.69, 9.17) is 10.2 Å². The van der Waals surface area contributed by atoms with E-state index in [1.165, 1.54) is 64.4 Å². The van der Waals surface area contributed by atoms with Gasteiger partial charge in [-0.05, 0) is 53.2 Å². The Bertz CT molecular complexity index is 505. The third-order valence-corrected chi connectivity index (χ3v) is 4.25. The Morgan fingerprint density at radius 1 is 0.970 bits per heavy atom. The minimum Gasteiger partial charge on any atom is -0.513 e. The van der Waals surface area contributed by atoms with E-state index in [-0.39, 0.29) is 32.7 Å². The van der Waals surface area contributed by atoms with Gasteiger partial charge < -0.3 is 29.8 Å². The van der Waals surface area contributed by atoms with E-state index in [0.29, 0.717) is 0 Å². The summed E-state index contributed by atoms with van der Waals surface area (Å²) in [6.07, 6.45) is 5.65. The molecule has 7 nitrogen and oxygen atoms in total. The number of rotatable bonds is 2. The number of anilines is 1. The molecule has 0 aromatic carbocycles. The van der Waals surface area contributed by atoms with Crippen LogP contribution in [-0.2, 0) is 19.5 Å². The summed E-state index contributed by atoms with van der Waals surface area (Å²) >= 11 is 0. The number of likely N-dealkylation sites (N-methyl/N-ethyl adjacent to an activating group) is 3. The van der Waals surface area contributed by atoms with Crippen LogP contribution in [0.4, 0.5) is 5.69 Å². The predicted octanol–water partition coefficient (Wildman–Crippen LogP) is 3.82. The van der Waals surface area contributed by atoms with Crippen molar-refractivity contribution in [1.82, 2.24) is 19.7 Å². The Hall–Kier alpha value is -1.05. The van der Waals surface area contributed by atoms with Crippen LogP contribution in [0.15, 0.2) is 36.4 Å².